The number of likely N-dealkylation sites (tertiary alicyclic amines) is 1. The van der Waals surface area contributed by atoms with E-state index in [4.69, 9.17) is 4.74 Å². The first kappa shape index (κ1) is 25.6. The number of nitrogens with one attached hydrogen (secondary N) is 1. The minimum absolute atomic E-state index is 0.0920. The molecule has 2 amide bonds. The summed E-state index contributed by atoms with van der Waals surface area (Å²) in [6.07, 6.45) is 6.31. The first-order valence-corrected chi connectivity index (χ1v) is 12.5. The van der Waals surface area contributed by atoms with Crippen molar-refractivity contribution in [3.63, 3.8) is 0 Å². The molecule has 6 heteroatoms. The number of rotatable bonds is 12. The van der Waals surface area contributed by atoms with Crippen LogP contribution in [0.15, 0.2) is 60.7 Å². The Hall–Kier alpha value is -2.99. The minimum Gasteiger partial charge on any atom is -0.445 e. The predicted molar refractivity (Wildman–Crippen MR) is 131 cm³/mol. The first-order chi connectivity index (χ1) is 16.6. The Morgan fingerprint density at radius 3 is 2.35 bits per heavy atom. The van der Waals surface area contributed by atoms with Gasteiger partial charge in [-0.3, -0.25) is 14.6 Å². The molecular weight excluding hydrogens is 428 g/mol. The lowest BCUT2D eigenvalue weighted by molar-refractivity contribution is -0.823. The lowest BCUT2D eigenvalue weighted by Crippen LogP contribution is -3.18. The first-order valence-electron chi connectivity index (χ1n) is 12.5. The van der Waals surface area contributed by atoms with Gasteiger partial charge in [0.25, 0.3) is 0 Å². The van der Waals surface area contributed by atoms with Crippen LogP contribution in [0.3, 0.4) is 0 Å². The van der Waals surface area contributed by atoms with Gasteiger partial charge in [-0.25, -0.2) is 9.59 Å². The molecule has 3 rings (SSSR count). The maximum atomic E-state index is 13.8. The molecule has 2 aromatic carbocycles. The highest BCUT2D eigenvalue weighted by Gasteiger charge is 2.42. The molecule has 2 aromatic rings. The topological polar surface area (TPSA) is 68.1 Å². The Kier molecular flexibility index (Phi) is 10.3. The zero-order chi connectivity index (χ0) is 24.2. The van der Waals surface area contributed by atoms with Gasteiger partial charge in [0.15, 0.2) is 18.4 Å². The number of unbranched alkanes of at least 4 members (excludes halogenated alkanes) is 3. The molecule has 6 nitrogen and oxygen atoms in total. The average Bonchev–Trinajstić information content (AvgIpc) is 3.36. The number of carbonyl (C=O) groups is 3. The Bertz CT molecular complexity index is 903. The van der Waals surface area contributed by atoms with Gasteiger partial charge in [-0.2, -0.15) is 0 Å². The number of benzene rings is 2. The van der Waals surface area contributed by atoms with E-state index in [-0.39, 0.29) is 18.6 Å². The van der Waals surface area contributed by atoms with Crippen molar-refractivity contribution >= 4 is 18.3 Å². The van der Waals surface area contributed by atoms with Crippen LogP contribution in [0.1, 0.15) is 56.6 Å². The number of ether oxygens (including phenoxy) is 1. The molecule has 1 fully saturated rings. The molecule has 34 heavy (non-hydrogen) atoms. The largest absolute Gasteiger partial charge is 0.445 e. The fraction of sp³-hybridized carbons (Fsp3) is 0.464. The average molecular weight is 466 g/mol. The summed E-state index contributed by atoms with van der Waals surface area (Å²) in [6.45, 7) is 3.38. The number of carbonyl (C=O) groups excluding carboxylic acids is 3. The normalized spacial score (nSPS) is 18.3. The van der Waals surface area contributed by atoms with E-state index in [1.807, 2.05) is 60.7 Å². The molecule has 1 saturated heterocycles. The van der Waals surface area contributed by atoms with E-state index in [1.54, 1.807) is 4.90 Å². The monoisotopic (exact) mass is 465 g/mol. The van der Waals surface area contributed by atoms with Crippen molar-refractivity contribution in [3.8, 4) is 0 Å². The quantitative estimate of drug-likeness (QED) is 0.384. The second-order valence-electron chi connectivity index (χ2n) is 9.02. The van der Waals surface area contributed by atoms with Crippen LogP contribution in [0, 0.1) is 0 Å². The molecule has 1 aliphatic heterocycles. The van der Waals surface area contributed by atoms with E-state index in [9.17, 15) is 14.4 Å². The van der Waals surface area contributed by atoms with Gasteiger partial charge in [-0.05, 0) is 17.5 Å². The molecule has 0 aromatic heterocycles. The summed E-state index contributed by atoms with van der Waals surface area (Å²) in [5.41, 5.74) is 1.88. The van der Waals surface area contributed by atoms with Crippen LogP contribution in [0.5, 0.6) is 0 Å². The molecule has 1 heterocycles. The third-order valence-corrected chi connectivity index (χ3v) is 6.53. The summed E-state index contributed by atoms with van der Waals surface area (Å²) >= 11 is 0. The molecular formula is C28H37N2O4+. The van der Waals surface area contributed by atoms with E-state index in [0.717, 1.165) is 49.5 Å². The van der Waals surface area contributed by atoms with Crippen LogP contribution < -0.4 is 4.90 Å². The van der Waals surface area contributed by atoms with Gasteiger partial charge < -0.3 is 4.74 Å². The molecule has 0 aliphatic carbocycles. The lowest BCUT2D eigenvalue weighted by atomic mass is 10.0. The standard InChI is InChI=1S/C28H36N2O4/c1-2-3-4-11-18-30(28(33)34-22-24-15-9-6-10-16-24)26(20-23-13-7-5-8-14-23)27(32)29-19-12-17-25(29)21-31/h5-10,13-16,21,25-26H,2-4,11-12,17-20,22H2,1H3/p+1/t25-,26+/m0/s1. The Morgan fingerprint density at radius 2 is 1.71 bits per heavy atom. The number of nitrogens with zero attached hydrogens (tertiary/aromatic N) is 1. The van der Waals surface area contributed by atoms with Crippen LogP contribution in [-0.4, -0.2) is 48.4 Å². The second-order valence-corrected chi connectivity index (χ2v) is 9.02. The molecule has 0 bridgehead atoms. The highest BCUT2D eigenvalue weighted by molar-refractivity contribution is 5.81. The van der Waals surface area contributed by atoms with Gasteiger partial charge in [0.2, 0.25) is 0 Å². The highest BCUT2D eigenvalue weighted by atomic mass is 16.6. The van der Waals surface area contributed by atoms with Crippen molar-refractivity contribution in [2.24, 2.45) is 0 Å². The molecule has 182 valence electrons. The SMILES string of the molecule is CCCCCCN(C(=O)OCc1ccccc1)[C@H](Cc1ccccc1)C(=O)[NH+]1CCC[C@H]1C=O. The highest BCUT2D eigenvalue weighted by Crippen LogP contribution is 2.15. The molecule has 0 saturated carbocycles. The van der Waals surface area contributed by atoms with Crippen LogP contribution >= 0.6 is 0 Å². The minimum atomic E-state index is -0.678. The van der Waals surface area contributed by atoms with Crippen molar-refractivity contribution < 1.29 is 24.0 Å². The molecule has 1 aliphatic rings. The van der Waals surface area contributed by atoms with Crippen molar-refractivity contribution in [2.75, 3.05) is 13.1 Å². The number of aldehydes is 1. The number of hydrogen-bond donors (Lipinski definition) is 1. The van der Waals surface area contributed by atoms with E-state index in [2.05, 4.69) is 6.92 Å². The van der Waals surface area contributed by atoms with Gasteiger partial charge in [0.1, 0.15) is 6.61 Å². The smallest absolute Gasteiger partial charge is 0.410 e. The van der Waals surface area contributed by atoms with Crippen LogP contribution in [0.25, 0.3) is 0 Å². The third-order valence-electron chi connectivity index (χ3n) is 6.53. The summed E-state index contributed by atoms with van der Waals surface area (Å²) in [7, 11) is 0. The van der Waals surface area contributed by atoms with Crippen LogP contribution in [0.4, 0.5) is 4.79 Å². The Morgan fingerprint density at radius 1 is 1.03 bits per heavy atom. The predicted octanol–water partition coefficient (Wildman–Crippen LogP) is 3.59. The van der Waals surface area contributed by atoms with Gasteiger partial charge in [-0.1, -0.05) is 86.8 Å². The van der Waals surface area contributed by atoms with Gasteiger partial charge in [0.05, 0.1) is 6.54 Å². The summed E-state index contributed by atoms with van der Waals surface area (Å²) in [5.74, 6) is -0.0920. The van der Waals surface area contributed by atoms with E-state index in [1.165, 1.54) is 0 Å². The van der Waals surface area contributed by atoms with E-state index < -0.39 is 12.1 Å². The fourth-order valence-corrected chi connectivity index (χ4v) is 4.61. The summed E-state index contributed by atoms with van der Waals surface area (Å²) in [6, 6.07) is 18.3. The lowest BCUT2D eigenvalue weighted by Gasteiger charge is -2.31. The van der Waals surface area contributed by atoms with E-state index >= 15 is 0 Å². The summed E-state index contributed by atoms with van der Waals surface area (Å²) in [4.78, 5) is 41.0. The Balaban J connectivity index is 1.84. The zero-order valence-electron chi connectivity index (χ0n) is 20.2. The fourth-order valence-electron chi connectivity index (χ4n) is 4.61. The molecule has 0 spiro atoms. The number of hydrogen-bond acceptors (Lipinski definition) is 4. The Labute approximate surface area is 202 Å². The van der Waals surface area contributed by atoms with Gasteiger partial charge >= 0.3 is 12.0 Å². The van der Waals surface area contributed by atoms with Gasteiger partial charge in [0, 0.05) is 25.8 Å². The maximum Gasteiger partial charge on any atom is 0.410 e. The second kappa shape index (κ2) is 13.7. The molecule has 1 unspecified atom stereocenters. The summed E-state index contributed by atoms with van der Waals surface area (Å²) < 4.78 is 5.69. The molecule has 1 N–H and O–H groups in total. The van der Waals surface area contributed by atoms with Crippen LogP contribution in [-0.2, 0) is 27.4 Å². The van der Waals surface area contributed by atoms with Gasteiger partial charge in [-0.15, -0.1) is 0 Å². The number of amides is 2. The third kappa shape index (κ3) is 7.26. The molecule has 0 radical (unpaired) electrons. The van der Waals surface area contributed by atoms with Crippen molar-refractivity contribution in [1.29, 1.82) is 0 Å². The molecule has 3 atom stereocenters. The van der Waals surface area contributed by atoms with Crippen molar-refractivity contribution in [2.45, 2.75) is 70.6 Å². The van der Waals surface area contributed by atoms with Crippen LogP contribution in [0.2, 0.25) is 0 Å². The summed E-state index contributed by atoms with van der Waals surface area (Å²) in [5, 5.41) is 0. The van der Waals surface area contributed by atoms with Crippen molar-refractivity contribution in [3.05, 3.63) is 71.8 Å². The van der Waals surface area contributed by atoms with E-state index in [0.29, 0.717) is 30.8 Å². The maximum absolute atomic E-state index is 13.8. The number of quaternary nitrogens is 1. The van der Waals surface area contributed by atoms with Crippen molar-refractivity contribution in [1.82, 2.24) is 4.90 Å². The zero-order valence-corrected chi connectivity index (χ0v) is 20.2.